The maximum atomic E-state index is 13.1. The highest BCUT2D eigenvalue weighted by Gasteiger charge is 2.23. The third-order valence-corrected chi connectivity index (χ3v) is 8.52. The van der Waals surface area contributed by atoms with E-state index in [0.717, 1.165) is 16.2 Å². The van der Waals surface area contributed by atoms with Gasteiger partial charge >= 0.3 is 0 Å². The first-order valence-corrected chi connectivity index (χ1v) is 14.1. The zero-order valence-electron chi connectivity index (χ0n) is 20.4. The van der Waals surface area contributed by atoms with E-state index in [1.165, 1.54) is 16.4 Å². The highest BCUT2D eigenvalue weighted by Crippen LogP contribution is 2.33. The molecule has 3 aromatic rings. The van der Waals surface area contributed by atoms with Gasteiger partial charge in [-0.1, -0.05) is 49.7 Å². The number of hydrogen-bond donors (Lipinski definition) is 1. The monoisotopic (exact) mass is 512 g/mol. The number of sulfonamides is 1. The van der Waals surface area contributed by atoms with Gasteiger partial charge in [0.25, 0.3) is 0 Å². The molecule has 0 saturated heterocycles. The van der Waals surface area contributed by atoms with Gasteiger partial charge in [0.2, 0.25) is 15.9 Å². The molecule has 0 spiro atoms. The third-order valence-electron chi connectivity index (χ3n) is 5.38. The molecule has 0 aliphatic heterocycles. The van der Waals surface area contributed by atoms with Crippen LogP contribution in [0.15, 0.2) is 82.6 Å². The van der Waals surface area contributed by atoms with E-state index in [4.69, 9.17) is 4.74 Å². The molecular weight excluding hydrogens is 480 g/mol. The largest absolute Gasteiger partial charge is 0.455 e. The van der Waals surface area contributed by atoms with Crippen LogP contribution in [0.25, 0.3) is 0 Å². The Morgan fingerprint density at radius 3 is 2.31 bits per heavy atom. The number of ether oxygens (including phenoxy) is 1. The van der Waals surface area contributed by atoms with Gasteiger partial charge in [-0.3, -0.25) is 4.79 Å². The first-order valence-electron chi connectivity index (χ1n) is 11.7. The molecule has 0 aromatic heterocycles. The molecule has 8 heteroatoms. The number of carbonyl (C=O) groups is 1. The summed E-state index contributed by atoms with van der Waals surface area (Å²) in [6.45, 7) is 6.30. The van der Waals surface area contributed by atoms with Crippen molar-refractivity contribution < 1.29 is 17.9 Å². The molecule has 35 heavy (non-hydrogen) atoms. The highest BCUT2D eigenvalue weighted by molar-refractivity contribution is 7.99. The Hall–Kier alpha value is -2.81. The van der Waals surface area contributed by atoms with Crippen LogP contribution in [-0.2, 0) is 14.8 Å². The number of carbonyl (C=O) groups excluding carboxylic acids is 1. The minimum atomic E-state index is -3.68. The van der Waals surface area contributed by atoms with Gasteiger partial charge in [0.1, 0.15) is 5.75 Å². The number of benzene rings is 3. The maximum Gasteiger partial charge on any atom is 0.243 e. The number of amides is 1. The molecule has 3 aromatic carbocycles. The summed E-state index contributed by atoms with van der Waals surface area (Å²) >= 11 is 1.70. The fraction of sp³-hybridized carbons (Fsp3) is 0.296. The molecule has 186 valence electrons. The number of thioether (sulfide) groups is 1. The third kappa shape index (κ3) is 7.59. The predicted molar refractivity (Wildman–Crippen MR) is 143 cm³/mol. The van der Waals surface area contributed by atoms with Gasteiger partial charge in [-0.2, -0.15) is 4.31 Å². The maximum absolute atomic E-state index is 13.1. The van der Waals surface area contributed by atoms with Crippen molar-refractivity contribution in [3.63, 3.8) is 0 Å². The molecule has 0 bridgehead atoms. The average molecular weight is 513 g/mol. The smallest absolute Gasteiger partial charge is 0.243 e. The Bertz CT molecular complexity index is 1210. The number of anilines is 1. The molecule has 0 saturated carbocycles. The van der Waals surface area contributed by atoms with Gasteiger partial charge in [0.05, 0.1) is 10.6 Å². The van der Waals surface area contributed by atoms with Gasteiger partial charge in [0.15, 0.2) is 5.75 Å². The van der Waals surface area contributed by atoms with Crippen molar-refractivity contribution in [1.29, 1.82) is 0 Å². The van der Waals surface area contributed by atoms with E-state index in [2.05, 4.69) is 5.32 Å². The van der Waals surface area contributed by atoms with Crippen molar-refractivity contribution in [3.05, 3.63) is 78.4 Å². The summed E-state index contributed by atoms with van der Waals surface area (Å²) < 4.78 is 33.5. The molecule has 0 aliphatic rings. The topological polar surface area (TPSA) is 75.7 Å². The van der Waals surface area contributed by atoms with E-state index >= 15 is 0 Å². The predicted octanol–water partition coefficient (Wildman–Crippen LogP) is 6.33. The zero-order valence-corrected chi connectivity index (χ0v) is 22.0. The van der Waals surface area contributed by atoms with Crippen molar-refractivity contribution in [3.8, 4) is 11.5 Å². The molecule has 1 N–H and O–H groups in total. The SMILES string of the molecule is CCN(CC)S(=O)(=O)c1ccc(Oc2ccc(C)cc2)c(NC(=O)CCCSc2ccccc2)c1. The number of nitrogens with zero attached hydrogens (tertiary/aromatic N) is 1. The van der Waals surface area contributed by atoms with Crippen molar-refractivity contribution in [2.24, 2.45) is 0 Å². The van der Waals surface area contributed by atoms with Gasteiger partial charge in [0, 0.05) is 24.4 Å². The molecule has 0 aliphatic carbocycles. The lowest BCUT2D eigenvalue weighted by atomic mass is 10.2. The molecule has 0 heterocycles. The van der Waals surface area contributed by atoms with E-state index in [9.17, 15) is 13.2 Å². The first kappa shape index (κ1) is 26.8. The number of aryl methyl sites for hydroxylation is 1. The van der Waals surface area contributed by atoms with Crippen molar-refractivity contribution in [2.75, 3.05) is 24.2 Å². The van der Waals surface area contributed by atoms with E-state index in [-0.39, 0.29) is 10.8 Å². The van der Waals surface area contributed by atoms with Crippen LogP contribution in [0, 0.1) is 6.92 Å². The molecule has 0 atom stereocenters. The van der Waals surface area contributed by atoms with Gasteiger partial charge in [-0.25, -0.2) is 8.42 Å². The van der Waals surface area contributed by atoms with E-state index in [0.29, 0.717) is 43.1 Å². The summed E-state index contributed by atoms with van der Waals surface area (Å²) in [4.78, 5) is 14.0. The summed E-state index contributed by atoms with van der Waals surface area (Å²) in [6, 6.07) is 22.2. The highest BCUT2D eigenvalue weighted by atomic mass is 32.2. The molecule has 3 rings (SSSR count). The molecule has 1 amide bonds. The van der Waals surface area contributed by atoms with Crippen LogP contribution in [0.3, 0.4) is 0 Å². The Morgan fingerprint density at radius 2 is 1.66 bits per heavy atom. The Kier molecular flexibility index (Phi) is 9.77. The van der Waals surface area contributed by atoms with Crippen LogP contribution in [0.5, 0.6) is 11.5 Å². The van der Waals surface area contributed by atoms with Crippen LogP contribution in [0.1, 0.15) is 32.3 Å². The summed E-state index contributed by atoms with van der Waals surface area (Å²) in [6.07, 6.45) is 1.01. The van der Waals surface area contributed by atoms with Gasteiger partial charge in [-0.15, -0.1) is 11.8 Å². The fourth-order valence-corrected chi connectivity index (χ4v) is 5.81. The minimum Gasteiger partial charge on any atom is -0.455 e. The van der Waals surface area contributed by atoms with E-state index in [1.807, 2.05) is 61.5 Å². The Labute approximate surface area is 212 Å². The molecule has 0 unspecified atom stereocenters. The average Bonchev–Trinajstić information content (AvgIpc) is 2.85. The number of rotatable bonds is 12. The lowest BCUT2D eigenvalue weighted by Crippen LogP contribution is -2.30. The standard InChI is InChI=1S/C27H32N2O4S2/c1-4-29(5-2)35(31,32)24-17-18-26(33-22-15-13-21(3)14-16-22)25(20-24)28-27(30)12-9-19-34-23-10-7-6-8-11-23/h6-8,10-11,13-18,20H,4-5,9,12,19H2,1-3H3,(H,28,30). The van der Waals surface area contributed by atoms with Crippen molar-refractivity contribution >= 4 is 33.4 Å². The second-order valence-electron chi connectivity index (χ2n) is 7.98. The lowest BCUT2D eigenvalue weighted by Gasteiger charge is -2.20. The Balaban J connectivity index is 1.76. The zero-order chi connectivity index (χ0) is 25.3. The van der Waals surface area contributed by atoms with Crippen LogP contribution < -0.4 is 10.1 Å². The molecule has 0 radical (unpaired) electrons. The summed E-state index contributed by atoms with van der Waals surface area (Å²) in [5.74, 6) is 1.61. The van der Waals surface area contributed by atoms with Crippen molar-refractivity contribution in [2.45, 2.75) is 43.4 Å². The van der Waals surface area contributed by atoms with Crippen LogP contribution in [0.2, 0.25) is 0 Å². The molecule has 6 nitrogen and oxygen atoms in total. The summed E-state index contributed by atoms with van der Waals surface area (Å²) in [5, 5.41) is 2.87. The molecular formula is C27H32N2O4S2. The van der Waals surface area contributed by atoms with Crippen LogP contribution in [0.4, 0.5) is 5.69 Å². The lowest BCUT2D eigenvalue weighted by molar-refractivity contribution is -0.116. The Morgan fingerprint density at radius 1 is 0.971 bits per heavy atom. The van der Waals surface area contributed by atoms with Crippen LogP contribution >= 0.6 is 11.8 Å². The quantitative estimate of drug-likeness (QED) is 0.227. The summed E-state index contributed by atoms with van der Waals surface area (Å²) in [5.41, 5.74) is 1.43. The molecule has 0 fully saturated rings. The van der Waals surface area contributed by atoms with Gasteiger partial charge < -0.3 is 10.1 Å². The minimum absolute atomic E-state index is 0.118. The second kappa shape index (κ2) is 12.8. The van der Waals surface area contributed by atoms with Gasteiger partial charge in [-0.05, 0) is 61.6 Å². The van der Waals surface area contributed by atoms with E-state index < -0.39 is 10.0 Å². The van der Waals surface area contributed by atoms with Crippen molar-refractivity contribution in [1.82, 2.24) is 4.31 Å². The van der Waals surface area contributed by atoms with Crippen LogP contribution in [-0.4, -0.2) is 37.5 Å². The summed E-state index contributed by atoms with van der Waals surface area (Å²) in [7, 11) is -3.68. The van der Waals surface area contributed by atoms with E-state index in [1.54, 1.807) is 31.7 Å². The first-order chi connectivity index (χ1) is 16.8. The second-order valence-corrected chi connectivity index (χ2v) is 11.1. The number of hydrogen-bond acceptors (Lipinski definition) is 5. The fourth-order valence-electron chi connectivity index (χ4n) is 3.45. The number of nitrogens with one attached hydrogen (secondary N) is 1. The normalized spacial score (nSPS) is 11.4.